The molecule has 0 radical (unpaired) electrons. The van der Waals surface area contributed by atoms with Crippen LogP contribution in [0.15, 0.2) is 66.7 Å². The number of fused-ring (bicyclic) bond motifs is 1. The van der Waals surface area contributed by atoms with Crippen LogP contribution in [0.3, 0.4) is 0 Å². The van der Waals surface area contributed by atoms with Crippen molar-refractivity contribution in [2.24, 2.45) is 0 Å². The summed E-state index contributed by atoms with van der Waals surface area (Å²) < 4.78 is 68.1. The van der Waals surface area contributed by atoms with Crippen LogP contribution in [0, 0.1) is 10.1 Å². The highest BCUT2D eigenvalue weighted by molar-refractivity contribution is 7.92. The highest BCUT2D eigenvalue weighted by Crippen LogP contribution is 2.40. The number of anilines is 1. The van der Waals surface area contributed by atoms with E-state index in [0.29, 0.717) is 11.5 Å². The number of nitro groups is 1. The number of nitro benzene ring substituents is 1. The van der Waals surface area contributed by atoms with E-state index in [1.165, 1.54) is 53.1 Å². The van der Waals surface area contributed by atoms with Crippen LogP contribution in [0.4, 0.5) is 24.5 Å². The van der Waals surface area contributed by atoms with Crippen LogP contribution >= 0.6 is 0 Å². The molecule has 186 valence electrons. The average Bonchev–Trinajstić information content (AvgIpc) is 3.16. The second-order valence-electron chi connectivity index (χ2n) is 7.85. The van der Waals surface area contributed by atoms with Crippen LogP contribution in [0.2, 0.25) is 0 Å². The number of hydrogen-bond acceptors (Lipinski definition) is 5. The summed E-state index contributed by atoms with van der Waals surface area (Å²) in [7, 11) is -3.63. The van der Waals surface area contributed by atoms with E-state index in [1.54, 1.807) is 0 Å². The molecule has 1 aromatic heterocycles. The number of alkyl halides is 3. The predicted molar refractivity (Wildman–Crippen MR) is 126 cm³/mol. The fourth-order valence-electron chi connectivity index (χ4n) is 3.86. The van der Waals surface area contributed by atoms with Gasteiger partial charge in [0.2, 0.25) is 10.0 Å². The van der Waals surface area contributed by atoms with Crippen molar-refractivity contribution >= 4 is 38.3 Å². The lowest BCUT2D eigenvalue weighted by atomic mass is 9.98. The molecular formula is C23H16F3N3O6S. The minimum Gasteiger partial charge on any atom is -0.477 e. The second kappa shape index (κ2) is 8.68. The Balaban J connectivity index is 1.94. The van der Waals surface area contributed by atoms with E-state index < -0.39 is 38.3 Å². The average molecular weight is 519 g/mol. The third-order valence-corrected chi connectivity index (χ3v) is 5.87. The van der Waals surface area contributed by atoms with Crippen LogP contribution < -0.4 is 4.72 Å². The molecule has 4 rings (SSSR count). The van der Waals surface area contributed by atoms with Gasteiger partial charge < -0.3 is 9.67 Å². The number of carbonyl (C=O) groups is 1. The summed E-state index contributed by atoms with van der Waals surface area (Å²) in [6.45, 7) is 0. The highest BCUT2D eigenvalue weighted by Gasteiger charge is 2.35. The monoisotopic (exact) mass is 519 g/mol. The number of rotatable bonds is 6. The maximum absolute atomic E-state index is 13.7. The van der Waals surface area contributed by atoms with Gasteiger partial charge in [0, 0.05) is 23.2 Å². The van der Waals surface area contributed by atoms with Crippen LogP contribution in [0.5, 0.6) is 0 Å². The van der Waals surface area contributed by atoms with Crippen molar-refractivity contribution < 1.29 is 36.4 Å². The van der Waals surface area contributed by atoms with Crippen molar-refractivity contribution in [3.05, 3.63) is 88.1 Å². The van der Waals surface area contributed by atoms with Gasteiger partial charge in [0.1, 0.15) is 5.69 Å². The smallest absolute Gasteiger partial charge is 0.417 e. The van der Waals surface area contributed by atoms with Crippen LogP contribution in [-0.2, 0) is 16.2 Å². The third-order valence-electron chi connectivity index (χ3n) is 5.26. The number of carboxylic acid groups (broad SMARTS) is 1. The highest BCUT2D eigenvalue weighted by atomic mass is 32.2. The summed E-state index contributed by atoms with van der Waals surface area (Å²) in [5.74, 6) is -1.32. The molecular weight excluding hydrogens is 503 g/mol. The molecule has 0 fully saturated rings. The summed E-state index contributed by atoms with van der Waals surface area (Å²) in [6, 6.07) is 13.7. The minimum atomic E-state index is -4.89. The number of benzene rings is 3. The van der Waals surface area contributed by atoms with E-state index in [4.69, 9.17) is 0 Å². The van der Waals surface area contributed by atoms with Gasteiger partial charge in [-0.15, -0.1) is 0 Å². The number of nitrogens with one attached hydrogen (secondary N) is 1. The van der Waals surface area contributed by atoms with Crippen molar-refractivity contribution in [2.45, 2.75) is 6.18 Å². The molecule has 3 aromatic carbocycles. The van der Waals surface area contributed by atoms with E-state index >= 15 is 0 Å². The SMILES string of the molecule is CS(=O)(=O)Nc1ccc2cc(C(=O)O)n(-c3cccc(-c4ccc([N+](=O)[O-])cc4C(F)(F)F)c3)c2c1. The lowest BCUT2D eigenvalue weighted by molar-refractivity contribution is -0.385. The molecule has 0 unspecified atom stereocenters. The number of non-ortho nitro benzene ring substituents is 1. The zero-order valence-corrected chi connectivity index (χ0v) is 19.1. The number of carboxylic acids is 1. The molecule has 0 atom stereocenters. The largest absolute Gasteiger partial charge is 0.477 e. The van der Waals surface area contributed by atoms with E-state index in [2.05, 4.69) is 4.72 Å². The van der Waals surface area contributed by atoms with E-state index in [9.17, 15) is 41.6 Å². The van der Waals surface area contributed by atoms with Gasteiger partial charge in [-0.2, -0.15) is 13.2 Å². The number of hydrogen-bond donors (Lipinski definition) is 2. The Morgan fingerprint density at radius 1 is 1.06 bits per heavy atom. The number of halogens is 3. The molecule has 13 heteroatoms. The van der Waals surface area contributed by atoms with Gasteiger partial charge in [-0.1, -0.05) is 18.2 Å². The second-order valence-corrected chi connectivity index (χ2v) is 9.60. The minimum absolute atomic E-state index is 0.0401. The first kappa shape index (κ1) is 24.7. The molecule has 9 nitrogen and oxygen atoms in total. The van der Waals surface area contributed by atoms with Gasteiger partial charge in [-0.25, -0.2) is 13.2 Å². The molecule has 0 spiro atoms. The normalized spacial score (nSPS) is 12.0. The van der Waals surface area contributed by atoms with E-state index in [0.717, 1.165) is 18.4 Å². The summed E-state index contributed by atoms with van der Waals surface area (Å²) in [6.07, 6.45) is -3.94. The molecule has 0 aliphatic heterocycles. The van der Waals surface area contributed by atoms with E-state index in [1.807, 2.05) is 0 Å². The Morgan fingerprint density at radius 3 is 2.39 bits per heavy atom. The van der Waals surface area contributed by atoms with Crippen molar-refractivity contribution in [1.82, 2.24) is 4.57 Å². The fourth-order valence-corrected chi connectivity index (χ4v) is 4.41. The summed E-state index contributed by atoms with van der Waals surface area (Å²) in [5.41, 5.74) is -1.81. The van der Waals surface area contributed by atoms with Crippen LogP contribution in [-0.4, -0.2) is 35.2 Å². The van der Waals surface area contributed by atoms with Crippen molar-refractivity contribution in [3.8, 4) is 16.8 Å². The van der Waals surface area contributed by atoms with Gasteiger partial charge in [0.15, 0.2) is 0 Å². The predicted octanol–water partition coefficient (Wildman–Crippen LogP) is 5.29. The lowest BCUT2D eigenvalue weighted by Crippen LogP contribution is -2.10. The van der Waals surface area contributed by atoms with Crippen LogP contribution in [0.25, 0.3) is 27.7 Å². The Hall–Kier alpha value is -4.39. The van der Waals surface area contributed by atoms with Crippen LogP contribution in [0.1, 0.15) is 16.1 Å². The molecule has 1 heterocycles. The molecule has 36 heavy (non-hydrogen) atoms. The Kier molecular flexibility index (Phi) is 5.96. The Bertz CT molecular complexity index is 1640. The fraction of sp³-hybridized carbons (Fsp3) is 0.0870. The summed E-state index contributed by atoms with van der Waals surface area (Å²) in [5, 5.41) is 21.2. The molecule has 0 bridgehead atoms. The first-order chi connectivity index (χ1) is 16.7. The number of aromatic carboxylic acids is 1. The molecule has 4 aromatic rings. The molecule has 0 aliphatic carbocycles. The maximum Gasteiger partial charge on any atom is 0.417 e. The van der Waals surface area contributed by atoms with Gasteiger partial charge in [-0.05, 0) is 47.5 Å². The summed E-state index contributed by atoms with van der Waals surface area (Å²) in [4.78, 5) is 22.1. The standard InChI is InChI=1S/C23H16F3N3O6S/c1-36(34,35)27-15-6-5-14-10-21(22(30)31)28(20(14)11-15)16-4-2-3-13(9-16)18-8-7-17(29(32)33)12-19(18)23(24,25)26/h2-12,27H,1H3,(H,30,31). The Morgan fingerprint density at radius 2 is 1.78 bits per heavy atom. The molecule has 0 saturated heterocycles. The molecule has 0 aliphatic rings. The van der Waals surface area contributed by atoms with Gasteiger partial charge >= 0.3 is 12.1 Å². The van der Waals surface area contributed by atoms with Gasteiger partial charge in [-0.3, -0.25) is 14.8 Å². The first-order valence-corrected chi connectivity index (χ1v) is 12.0. The zero-order chi connectivity index (χ0) is 26.4. The quantitative estimate of drug-likeness (QED) is 0.263. The maximum atomic E-state index is 13.7. The van der Waals surface area contributed by atoms with Crippen molar-refractivity contribution in [3.63, 3.8) is 0 Å². The molecule has 0 saturated carbocycles. The van der Waals surface area contributed by atoms with Crippen molar-refractivity contribution in [2.75, 3.05) is 11.0 Å². The Labute approximate surface area is 201 Å². The number of aromatic nitrogens is 1. The third kappa shape index (κ3) is 4.86. The lowest BCUT2D eigenvalue weighted by Gasteiger charge is -2.15. The van der Waals surface area contributed by atoms with E-state index in [-0.39, 0.29) is 33.7 Å². The van der Waals surface area contributed by atoms with Gasteiger partial charge in [0.05, 0.1) is 27.9 Å². The van der Waals surface area contributed by atoms with Gasteiger partial charge in [0.25, 0.3) is 5.69 Å². The zero-order valence-electron chi connectivity index (χ0n) is 18.3. The molecule has 0 amide bonds. The number of nitrogens with zero attached hydrogens (tertiary/aromatic N) is 2. The summed E-state index contributed by atoms with van der Waals surface area (Å²) >= 11 is 0. The molecule has 2 N–H and O–H groups in total. The van der Waals surface area contributed by atoms with Crippen molar-refractivity contribution in [1.29, 1.82) is 0 Å². The number of sulfonamides is 1. The first-order valence-electron chi connectivity index (χ1n) is 10.1. The topological polar surface area (TPSA) is 132 Å².